The quantitative estimate of drug-likeness (QED) is 0.505. The molecule has 0 amide bonds. The third-order valence-corrected chi connectivity index (χ3v) is 3.27. The van der Waals surface area contributed by atoms with E-state index in [1.165, 1.54) is 12.1 Å². The molecule has 1 N–H and O–H groups in total. The monoisotopic (exact) mass is 368 g/mol. The van der Waals surface area contributed by atoms with E-state index in [9.17, 15) is 9.70 Å². The number of hydrogen-bond acceptors (Lipinski definition) is 5. The molecule has 0 aliphatic carbocycles. The first kappa shape index (κ1) is 13.5. The average molecular weight is 368 g/mol. The Labute approximate surface area is 123 Å². The predicted octanol–water partition coefficient (Wildman–Crippen LogP) is 3.87. The van der Waals surface area contributed by atoms with Gasteiger partial charge in [0.1, 0.15) is 5.69 Å². The number of carbonyl (C=O) groups is 1. The van der Waals surface area contributed by atoms with Crippen LogP contribution in [0.4, 0.5) is 11.4 Å². The molecule has 96 valence electrons. The smallest absolute Gasteiger partial charge is 0.338 e. The van der Waals surface area contributed by atoms with Crippen LogP contribution in [-0.4, -0.2) is 5.97 Å². The Hall–Kier alpha value is -1.96. The Morgan fingerprint density at radius 2 is 1.79 bits per heavy atom. The highest BCUT2D eigenvalue weighted by molar-refractivity contribution is 14.1. The highest BCUT2D eigenvalue weighted by Gasteiger charge is 2.10. The SMILES string of the molecule is O=Nc1ccc(NOC(=O)c2ccccc2I)cc1. The summed E-state index contributed by atoms with van der Waals surface area (Å²) >= 11 is 2.06. The van der Waals surface area contributed by atoms with Crippen LogP contribution in [0, 0.1) is 8.48 Å². The van der Waals surface area contributed by atoms with Gasteiger partial charge in [0.15, 0.2) is 0 Å². The van der Waals surface area contributed by atoms with Gasteiger partial charge in [-0.05, 0) is 64.2 Å². The summed E-state index contributed by atoms with van der Waals surface area (Å²) in [6, 6.07) is 13.4. The molecule has 0 radical (unpaired) electrons. The highest BCUT2D eigenvalue weighted by atomic mass is 127. The van der Waals surface area contributed by atoms with E-state index in [-0.39, 0.29) is 0 Å². The average Bonchev–Trinajstić information content (AvgIpc) is 2.46. The summed E-state index contributed by atoms with van der Waals surface area (Å²) in [5, 5.41) is 2.78. The Kier molecular flexibility index (Phi) is 4.45. The number of benzene rings is 2. The second-order valence-corrected chi connectivity index (χ2v) is 4.77. The molecule has 0 heterocycles. The zero-order valence-corrected chi connectivity index (χ0v) is 11.8. The Morgan fingerprint density at radius 1 is 1.11 bits per heavy atom. The molecule has 2 aromatic rings. The van der Waals surface area contributed by atoms with E-state index in [2.05, 4.69) is 33.2 Å². The van der Waals surface area contributed by atoms with Crippen molar-refractivity contribution < 1.29 is 9.63 Å². The van der Waals surface area contributed by atoms with Gasteiger partial charge >= 0.3 is 5.97 Å². The maximum Gasteiger partial charge on any atom is 0.363 e. The van der Waals surface area contributed by atoms with Crippen molar-refractivity contribution in [3.05, 3.63) is 62.6 Å². The van der Waals surface area contributed by atoms with Gasteiger partial charge in [-0.3, -0.25) is 0 Å². The van der Waals surface area contributed by atoms with Crippen molar-refractivity contribution >= 4 is 39.9 Å². The first-order valence-electron chi connectivity index (χ1n) is 5.36. The zero-order valence-electron chi connectivity index (χ0n) is 9.67. The third-order valence-electron chi connectivity index (χ3n) is 2.33. The van der Waals surface area contributed by atoms with E-state index in [4.69, 9.17) is 4.84 Å². The Bertz CT molecular complexity index is 599. The van der Waals surface area contributed by atoms with E-state index in [0.29, 0.717) is 16.9 Å². The summed E-state index contributed by atoms with van der Waals surface area (Å²) in [6.45, 7) is 0. The number of rotatable bonds is 4. The third kappa shape index (κ3) is 3.50. The fourth-order valence-corrected chi connectivity index (χ4v) is 1.98. The predicted molar refractivity (Wildman–Crippen MR) is 80.1 cm³/mol. The van der Waals surface area contributed by atoms with Crippen molar-refractivity contribution in [3.8, 4) is 0 Å². The zero-order chi connectivity index (χ0) is 13.7. The summed E-state index contributed by atoms with van der Waals surface area (Å²) in [6.07, 6.45) is 0. The van der Waals surface area contributed by atoms with Crippen LogP contribution < -0.4 is 5.48 Å². The minimum absolute atomic E-state index is 0.314. The highest BCUT2D eigenvalue weighted by Crippen LogP contribution is 2.17. The van der Waals surface area contributed by atoms with Crippen LogP contribution in [0.25, 0.3) is 0 Å². The summed E-state index contributed by atoms with van der Waals surface area (Å²) in [5.74, 6) is -0.470. The molecule has 19 heavy (non-hydrogen) atoms. The van der Waals surface area contributed by atoms with E-state index in [1.54, 1.807) is 24.3 Å². The van der Waals surface area contributed by atoms with Crippen molar-refractivity contribution in [3.63, 3.8) is 0 Å². The number of hydrogen-bond donors (Lipinski definition) is 1. The minimum Gasteiger partial charge on any atom is -0.338 e. The van der Waals surface area contributed by atoms with Crippen LogP contribution in [0.2, 0.25) is 0 Å². The molecule has 2 rings (SSSR count). The molecule has 0 aliphatic rings. The molecule has 0 bridgehead atoms. The van der Waals surface area contributed by atoms with Crippen LogP contribution >= 0.6 is 22.6 Å². The van der Waals surface area contributed by atoms with Gasteiger partial charge in [-0.15, -0.1) is 4.91 Å². The van der Waals surface area contributed by atoms with E-state index in [0.717, 1.165) is 3.57 Å². The van der Waals surface area contributed by atoms with E-state index < -0.39 is 5.97 Å². The normalized spacial score (nSPS) is 9.74. The molecule has 0 aliphatic heterocycles. The van der Waals surface area contributed by atoms with Crippen LogP contribution in [0.1, 0.15) is 10.4 Å². The lowest BCUT2D eigenvalue weighted by molar-refractivity contribution is 0.0595. The standard InChI is InChI=1S/C13H9IN2O3/c14-12-4-2-1-3-11(12)13(17)19-16-10-7-5-9(15-18)6-8-10/h1-8,16H. The number of nitroso groups, excluding NO2 is 1. The molecule has 0 saturated carbocycles. The second-order valence-electron chi connectivity index (χ2n) is 3.61. The summed E-state index contributed by atoms with van der Waals surface area (Å²) in [5.41, 5.74) is 3.89. The molecule has 0 saturated heterocycles. The maximum absolute atomic E-state index is 11.8. The van der Waals surface area contributed by atoms with Crippen molar-refractivity contribution in [1.29, 1.82) is 0 Å². The summed E-state index contributed by atoms with van der Waals surface area (Å²) in [7, 11) is 0. The lowest BCUT2D eigenvalue weighted by Crippen LogP contribution is -2.11. The van der Waals surface area contributed by atoms with Crippen LogP contribution in [0.5, 0.6) is 0 Å². The molecule has 6 heteroatoms. The molecular weight excluding hydrogens is 359 g/mol. The van der Waals surface area contributed by atoms with Crippen molar-refractivity contribution in [2.24, 2.45) is 5.18 Å². The maximum atomic E-state index is 11.8. The van der Waals surface area contributed by atoms with Gasteiger partial charge < -0.3 is 4.84 Å². The van der Waals surface area contributed by atoms with E-state index in [1.807, 2.05) is 12.1 Å². The molecule has 2 aromatic carbocycles. The molecule has 0 spiro atoms. The Morgan fingerprint density at radius 3 is 2.42 bits per heavy atom. The van der Waals surface area contributed by atoms with Crippen molar-refractivity contribution in [2.75, 3.05) is 5.48 Å². The minimum atomic E-state index is -0.470. The number of halogens is 1. The fourth-order valence-electron chi connectivity index (χ4n) is 1.38. The molecule has 0 aromatic heterocycles. The first-order valence-corrected chi connectivity index (χ1v) is 6.44. The summed E-state index contributed by atoms with van der Waals surface area (Å²) in [4.78, 5) is 27.0. The largest absolute Gasteiger partial charge is 0.363 e. The number of nitrogens with one attached hydrogen (secondary N) is 1. The van der Waals surface area contributed by atoms with Crippen LogP contribution in [-0.2, 0) is 4.84 Å². The van der Waals surface area contributed by atoms with E-state index >= 15 is 0 Å². The molecule has 0 fully saturated rings. The topological polar surface area (TPSA) is 67.8 Å². The second kappa shape index (κ2) is 6.28. The molecule has 0 unspecified atom stereocenters. The van der Waals surface area contributed by atoms with Crippen molar-refractivity contribution in [2.45, 2.75) is 0 Å². The molecular formula is C13H9IN2O3. The van der Waals surface area contributed by atoms with Gasteiger partial charge in [0.25, 0.3) is 0 Å². The Balaban J connectivity index is 2.00. The van der Waals surface area contributed by atoms with Gasteiger partial charge in [0, 0.05) is 3.57 Å². The lowest BCUT2D eigenvalue weighted by Gasteiger charge is -2.07. The van der Waals surface area contributed by atoms with Crippen LogP contribution in [0.15, 0.2) is 53.7 Å². The summed E-state index contributed by atoms with van der Waals surface area (Å²) < 4.78 is 0.812. The van der Waals surface area contributed by atoms with Crippen LogP contribution in [0.3, 0.4) is 0 Å². The van der Waals surface area contributed by atoms with Gasteiger partial charge in [-0.2, -0.15) is 0 Å². The number of carbonyl (C=O) groups excluding carboxylic acids is 1. The number of nitrogens with zero attached hydrogens (tertiary/aromatic N) is 1. The van der Waals surface area contributed by atoms with Gasteiger partial charge in [-0.25, -0.2) is 10.3 Å². The fraction of sp³-hybridized carbons (Fsp3) is 0. The molecule has 5 nitrogen and oxygen atoms in total. The van der Waals surface area contributed by atoms with Gasteiger partial charge in [-0.1, -0.05) is 12.1 Å². The first-order chi connectivity index (χ1) is 9.20. The lowest BCUT2D eigenvalue weighted by atomic mass is 10.2. The molecule has 0 atom stereocenters. The van der Waals surface area contributed by atoms with Gasteiger partial charge in [0.05, 0.1) is 11.3 Å². The van der Waals surface area contributed by atoms with Crippen molar-refractivity contribution in [1.82, 2.24) is 0 Å². The van der Waals surface area contributed by atoms with Gasteiger partial charge in [0.2, 0.25) is 0 Å². The number of anilines is 1.